The number of fused-ring (bicyclic) bond motifs is 2. The van der Waals surface area contributed by atoms with Crippen LogP contribution in [0.4, 0.5) is 0 Å². The van der Waals surface area contributed by atoms with Crippen molar-refractivity contribution < 1.29 is 0 Å². The average molecular weight is 210 g/mol. The Bertz CT molecular complexity index is 523. The Balaban J connectivity index is 2.19. The monoisotopic (exact) mass is 210 g/mol. The van der Waals surface area contributed by atoms with Gasteiger partial charge in [0.1, 0.15) is 0 Å². The molecule has 0 unspecified atom stereocenters. The summed E-state index contributed by atoms with van der Waals surface area (Å²) in [6.45, 7) is 2.22. The molecule has 0 heteroatoms. The summed E-state index contributed by atoms with van der Waals surface area (Å²) in [5.74, 6) is 0. The van der Waals surface area contributed by atoms with Crippen LogP contribution in [0.15, 0.2) is 30.3 Å². The van der Waals surface area contributed by atoms with E-state index in [0.29, 0.717) is 0 Å². The maximum atomic E-state index is 2.42. The third-order valence-corrected chi connectivity index (χ3v) is 3.77. The molecule has 0 fully saturated rings. The van der Waals surface area contributed by atoms with E-state index in [1.807, 2.05) is 0 Å². The molecule has 1 aliphatic rings. The van der Waals surface area contributed by atoms with Gasteiger partial charge in [-0.1, -0.05) is 37.3 Å². The van der Waals surface area contributed by atoms with Gasteiger partial charge in [-0.15, -0.1) is 0 Å². The quantitative estimate of drug-likeness (QED) is 0.659. The van der Waals surface area contributed by atoms with Crippen molar-refractivity contribution in [3.05, 3.63) is 47.0 Å². The highest BCUT2D eigenvalue weighted by Crippen LogP contribution is 2.27. The van der Waals surface area contributed by atoms with Gasteiger partial charge in [-0.2, -0.15) is 0 Å². The third kappa shape index (κ3) is 1.63. The van der Waals surface area contributed by atoms with Crippen LogP contribution in [0.25, 0.3) is 10.8 Å². The SMILES string of the molecule is CCc1ccc2cc3c(cc2c1)CCCC3. The predicted molar refractivity (Wildman–Crippen MR) is 70.0 cm³/mol. The minimum atomic E-state index is 1.13. The lowest BCUT2D eigenvalue weighted by atomic mass is 9.89. The average Bonchev–Trinajstić information content (AvgIpc) is 2.35. The Morgan fingerprint density at radius 1 is 0.875 bits per heavy atom. The summed E-state index contributed by atoms with van der Waals surface area (Å²) < 4.78 is 0. The Hall–Kier alpha value is -1.30. The maximum absolute atomic E-state index is 2.42. The first kappa shape index (κ1) is 9.89. The zero-order valence-electron chi connectivity index (χ0n) is 9.92. The van der Waals surface area contributed by atoms with Gasteiger partial charge >= 0.3 is 0 Å². The molecule has 3 rings (SSSR count). The highest BCUT2D eigenvalue weighted by Gasteiger charge is 2.09. The van der Waals surface area contributed by atoms with Gasteiger partial charge in [0, 0.05) is 0 Å². The molecule has 82 valence electrons. The first-order valence-electron chi connectivity index (χ1n) is 6.41. The van der Waals surface area contributed by atoms with Gasteiger partial charge in [-0.3, -0.25) is 0 Å². The van der Waals surface area contributed by atoms with Crippen LogP contribution in [-0.2, 0) is 19.3 Å². The Morgan fingerprint density at radius 3 is 2.25 bits per heavy atom. The number of rotatable bonds is 1. The van der Waals surface area contributed by atoms with Gasteiger partial charge < -0.3 is 0 Å². The molecule has 0 aliphatic heterocycles. The minimum absolute atomic E-state index is 1.13. The predicted octanol–water partition coefficient (Wildman–Crippen LogP) is 4.28. The number of benzene rings is 2. The van der Waals surface area contributed by atoms with Gasteiger partial charge in [-0.25, -0.2) is 0 Å². The second-order valence-corrected chi connectivity index (χ2v) is 4.86. The fraction of sp³-hybridized carbons (Fsp3) is 0.375. The van der Waals surface area contributed by atoms with Crippen LogP contribution in [0, 0.1) is 0 Å². The van der Waals surface area contributed by atoms with Crippen molar-refractivity contribution >= 4 is 10.8 Å². The number of aryl methyl sites for hydroxylation is 3. The van der Waals surface area contributed by atoms with Gasteiger partial charge in [0.2, 0.25) is 0 Å². The Morgan fingerprint density at radius 2 is 1.56 bits per heavy atom. The van der Waals surface area contributed by atoms with E-state index < -0.39 is 0 Å². The molecule has 0 amide bonds. The van der Waals surface area contributed by atoms with Crippen molar-refractivity contribution in [2.75, 3.05) is 0 Å². The van der Waals surface area contributed by atoms with Crippen LogP contribution in [0.1, 0.15) is 36.5 Å². The molecule has 0 spiro atoms. The van der Waals surface area contributed by atoms with Crippen molar-refractivity contribution in [1.82, 2.24) is 0 Å². The smallest absolute Gasteiger partial charge is 0.0178 e. The third-order valence-electron chi connectivity index (χ3n) is 3.77. The number of hydrogen-bond acceptors (Lipinski definition) is 0. The molecule has 0 radical (unpaired) electrons. The molecule has 0 N–H and O–H groups in total. The summed E-state index contributed by atoms with van der Waals surface area (Å²) in [6, 6.07) is 11.7. The molecule has 0 atom stereocenters. The molecule has 16 heavy (non-hydrogen) atoms. The number of hydrogen-bond donors (Lipinski definition) is 0. The maximum Gasteiger partial charge on any atom is -0.0178 e. The summed E-state index contributed by atoms with van der Waals surface area (Å²) in [7, 11) is 0. The first-order valence-corrected chi connectivity index (χ1v) is 6.41. The highest BCUT2D eigenvalue weighted by atomic mass is 14.1. The van der Waals surface area contributed by atoms with E-state index >= 15 is 0 Å². The van der Waals surface area contributed by atoms with Crippen molar-refractivity contribution in [3.63, 3.8) is 0 Å². The van der Waals surface area contributed by atoms with E-state index in [4.69, 9.17) is 0 Å². The van der Waals surface area contributed by atoms with E-state index in [1.54, 1.807) is 11.1 Å². The van der Waals surface area contributed by atoms with E-state index in [9.17, 15) is 0 Å². The van der Waals surface area contributed by atoms with E-state index in [2.05, 4.69) is 37.3 Å². The lowest BCUT2D eigenvalue weighted by Gasteiger charge is -2.16. The molecule has 0 bridgehead atoms. The van der Waals surface area contributed by atoms with Gasteiger partial charge in [0.25, 0.3) is 0 Å². The van der Waals surface area contributed by atoms with Gasteiger partial charge in [-0.05, 0) is 59.6 Å². The molecule has 0 saturated heterocycles. The van der Waals surface area contributed by atoms with Crippen LogP contribution >= 0.6 is 0 Å². The Kier molecular flexibility index (Phi) is 2.43. The topological polar surface area (TPSA) is 0 Å². The summed E-state index contributed by atoms with van der Waals surface area (Å²) in [6.07, 6.45) is 6.42. The van der Waals surface area contributed by atoms with Crippen LogP contribution < -0.4 is 0 Å². The normalized spacial score (nSPS) is 15.1. The molecular weight excluding hydrogens is 192 g/mol. The summed E-state index contributed by atoms with van der Waals surface area (Å²) in [5.41, 5.74) is 4.62. The van der Waals surface area contributed by atoms with E-state index in [0.717, 1.165) is 6.42 Å². The molecule has 0 aromatic heterocycles. The largest absolute Gasteiger partial charge is 0.0613 e. The molecule has 2 aromatic carbocycles. The summed E-state index contributed by atoms with van der Waals surface area (Å²) in [5, 5.41) is 2.85. The fourth-order valence-electron chi connectivity index (χ4n) is 2.76. The summed E-state index contributed by atoms with van der Waals surface area (Å²) in [4.78, 5) is 0. The van der Waals surface area contributed by atoms with Crippen LogP contribution in [0.5, 0.6) is 0 Å². The summed E-state index contributed by atoms with van der Waals surface area (Å²) >= 11 is 0. The molecule has 2 aromatic rings. The second kappa shape index (κ2) is 3.93. The standard InChI is InChI=1S/C16H18/c1-2-12-7-8-15-10-13-5-3-4-6-14(13)11-16(15)9-12/h7-11H,2-6H2,1H3. The first-order chi connectivity index (χ1) is 7.86. The van der Waals surface area contributed by atoms with E-state index in [1.165, 1.54) is 42.0 Å². The van der Waals surface area contributed by atoms with Gasteiger partial charge in [0.15, 0.2) is 0 Å². The molecule has 0 saturated carbocycles. The molecule has 0 heterocycles. The molecular formula is C16H18. The van der Waals surface area contributed by atoms with Crippen LogP contribution in [0.2, 0.25) is 0 Å². The van der Waals surface area contributed by atoms with Crippen molar-refractivity contribution in [2.45, 2.75) is 39.0 Å². The van der Waals surface area contributed by atoms with Crippen molar-refractivity contribution in [1.29, 1.82) is 0 Å². The lowest BCUT2D eigenvalue weighted by molar-refractivity contribution is 0.687. The van der Waals surface area contributed by atoms with Crippen LogP contribution in [0.3, 0.4) is 0 Å². The van der Waals surface area contributed by atoms with Gasteiger partial charge in [0.05, 0.1) is 0 Å². The lowest BCUT2D eigenvalue weighted by Crippen LogP contribution is -2.02. The molecule has 1 aliphatic carbocycles. The highest BCUT2D eigenvalue weighted by molar-refractivity contribution is 5.85. The van der Waals surface area contributed by atoms with Crippen molar-refractivity contribution in [2.24, 2.45) is 0 Å². The molecule has 0 nitrogen and oxygen atoms in total. The van der Waals surface area contributed by atoms with E-state index in [-0.39, 0.29) is 0 Å². The zero-order valence-corrected chi connectivity index (χ0v) is 9.92. The Labute approximate surface area is 97.3 Å². The fourth-order valence-corrected chi connectivity index (χ4v) is 2.76. The van der Waals surface area contributed by atoms with Crippen LogP contribution in [-0.4, -0.2) is 0 Å². The zero-order chi connectivity index (χ0) is 11.0. The second-order valence-electron chi connectivity index (χ2n) is 4.86. The minimum Gasteiger partial charge on any atom is -0.0613 e. The van der Waals surface area contributed by atoms with Crippen molar-refractivity contribution in [3.8, 4) is 0 Å².